The highest BCUT2D eigenvalue weighted by Gasteiger charge is 2.54. The number of methoxy groups -OCH3 is 1. The number of nitrogens with two attached hydrogens (primary N) is 1. The van der Waals surface area contributed by atoms with Gasteiger partial charge in [-0.25, -0.2) is 9.59 Å². The highest BCUT2D eigenvalue weighted by Crippen LogP contribution is 2.42. The van der Waals surface area contributed by atoms with Crippen molar-refractivity contribution >= 4 is 11.9 Å². The highest BCUT2D eigenvalue weighted by atomic mass is 19.4. The molecule has 5 nitrogen and oxygen atoms in total. The minimum atomic E-state index is -5.17. The van der Waals surface area contributed by atoms with Gasteiger partial charge in [-0.05, 0) is 11.1 Å². The van der Waals surface area contributed by atoms with Gasteiger partial charge in [0, 0.05) is 6.42 Å². The summed E-state index contributed by atoms with van der Waals surface area (Å²) < 4.78 is 46.1. The van der Waals surface area contributed by atoms with E-state index in [0.29, 0.717) is 5.56 Å². The van der Waals surface area contributed by atoms with Crippen molar-refractivity contribution in [2.24, 2.45) is 5.73 Å². The van der Waals surface area contributed by atoms with Crippen LogP contribution in [0.1, 0.15) is 17.2 Å². The number of fused-ring (bicyclic) bond motifs is 1. The Morgan fingerprint density at radius 1 is 1.33 bits per heavy atom. The highest BCUT2D eigenvalue weighted by molar-refractivity contribution is 5.85. The molecule has 2 atom stereocenters. The average molecular weight is 303 g/mol. The Morgan fingerprint density at radius 2 is 1.95 bits per heavy atom. The van der Waals surface area contributed by atoms with Crippen LogP contribution in [0, 0.1) is 0 Å². The van der Waals surface area contributed by atoms with Crippen LogP contribution in [0.5, 0.6) is 0 Å². The monoisotopic (exact) mass is 303 g/mol. The van der Waals surface area contributed by atoms with E-state index in [2.05, 4.69) is 9.47 Å². The first-order valence-corrected chi connectivity index (χ1v) is 5.93. The summed E-state index contributed by atoms with van der Waals surface area (Å²) in [5.41, 5.74) is 4.80. The third-order valence-corrected chi connectivity index (χ3v) is 3.31. The molecular formula is C13H12F3NO4. The molecule has 1 aromatic carbocycles. The van der Waals surface area contributed by atoms with E-state index in [-0.39, 0.29) is 12.0 Å². The van der Waals surface area contributed by atoms with Gasteiger partial charge in [-0.15, -0.1) is 0 Å². The molecule has 1 aliphatic carbocycles. The lowest BCUT2D eigenvalue weighted by Crippen LogP contribution is -2.54. The summed E-state index contributed by atoms with van der Waals surface area (Å²) in [6.07, 6.45) is -6.80. The lowest BCUT2D eigenvalue weighted by molar-refractivity contribution is -0.208. The van der Waals surface area contributed by atoms with Gasteiger partial charge >= 0.3 is 18.1 Å². The fourth-order valence-corrected chi connectivity index (χ4v) is 2.35. The van der Waals surface area contributed by atoms with Crippen LogP contribution >= 0.6 is 0 Å². The Kier molecular flexibility index (Phi) is 3.66. The quantitative estimate of drug-likeness (QED) is 0.832. The van der Waals surface area contributed by atoms with E-state index in [1.807, 2.05) is 0 Å². The Hall–Kier alpha value is -2.09. The van der Waals surface area contributed by atoms with Gasteiger partial charge in [0.05, 0.1) is 7.11 Å². The van der Waals surface area contributed by atoms with E-state index < -0.39 is 29.8 Å². The first-order chi connectivity index (χ1) is 9.70. The Morgan fingerprint density at radius 3 is 2.52 bits per heavy atom. The molecule has 0 amide bonds. The Labute approximate surface area is 117 Å². The predicted octanol–water partition coefficient (Wildman–Crippen LogP) is 1.26. The van der Waals surface area contributed by atoms with Crippen molar-refractivity contribution in [3.05, 3.63) is 35.4 Å². The number of carbonyl (C=O) groups is 2. The maximum Gasteiger partial charge on any atom is 0.490 e. The van der Waals surface area contributed by atoms with Crippen molar-refractivity contribution in [2.75, 3.05) is 7.11 Å². The summed E-state index contributed by atoms with van der Waals surface area (Å²) in [6.45, 7) is 0. The van der Waals surface area contributed by atoms with Crippen LogP contribution in [-0.2, 0) is 25.5 Å². The summed E-state index contributed by atoms with van der Waals surface area (Å²) in [5.74, 6) is -3.35. The molecule has 0 heterocycles. The normalized spacial score (nSPS) is 24.3. The van der Waals surface area contributed by atoms with Gasteiger partial charge in [-0.3, -0.25) is 0 Å². The molecule has 0 radical (unpaired) electrons. The molecule has 0 fully saturated rings. The molecule has 114 valence electrons. The van der Waals surface area contributed by atoms with Crippen LogP contribution in [0.25, 0.3) is 0 Å². The maximum atomic E-state index is 12.4. The first kappa shape index (κ1) is 15.3. The van der Waals surface area contributed by atoms with Gasteiger partial charge in [-0.2, -0.15) is 13.2 Å². The molecule has 2 N–H and O–H groups in total. The van der Waals surface area contributed by atoms with Crippen molar-refractivity contribution in [1.82, 2.24) is 0 Å². The molecule has 0 aromatic heterocycles. The number of rotatable bonds is 2. The average Bonchev–Trinajstić information content (AvgIpc) is 2.71. The first-order valence-electron chi connectivity index (χ1n) is 5.93. The number of esters is 2. The van der Waals surface area contributed by atoms with E-state index in [9.17, 15) is 22.8 Å². The zero-order chi connectivity index (χ0) is 15.8. The van der Waals surface area contributed by atoms with Gasteiger partial charge in [0.25, 0.3) is 0 Å². The largest absolute Gasteiger partial charge is 0.490 e. The summed E-state index contributed by atoms with van der Waals surface area (Å²) in [5, 5.41) is 0. The van der Waals surface area contributed by atoms with Crippen LogP contribution in [0.4, 0.5) is 13.2 Å². The second kappa shape index (κ2) is 5.03. The van der Waals surface area contributed by atoms with Gasteiger partial charge in [0.1, 0.15) is 0 Å². The number of alkyl halides is 3. The van der Waals surface area contributed by atoms with Gasteiger partial charge < -0.3 is 15.2 Å². The molecule has 2 unspecified atom stereocenters. The number of hydrogen-bond donors (Lipinski definition) is 1. The summed E-state index contributed by atoms with van der Waals surface area (Å²) in [6, 6.07) is 6.25. The van der Waals surface area contributed by atoms with Crippen LogP contribution < -0.4 is 5.73 Å². The molecule has 21 heavy (non-hydrogen) atoms. The lowest BCUT2D eigenvalue weighted by atomic mass is 9.94. The molecule has 0 saturated carbocycles. The zero-order valence-electron chi connectivity index (χ0n) is 10.9. The second-order valence-electron chi connectivity index (χ2n) is 4.69. The second-order valence-corrected chi connectivity index (χ2v) is 4.69. The molecule has 1 aromatic rings. The number of halogens is 3. The Bertz CT molecular complexity index is 587. The molecule has 0 saturated heterocycles. The standard InChI is InChI=1S/C13H12F3NO4/c1-20-10(18)12(17)6-7-4-2-3-5-8(7)9(12)21-11(19)13(14,15)16/h2-5,9H,6,17H2,1H3. The maximum absolute atomic E-state index is 12.4. The van der Waals surface area contributed by atoms with Crippen LogP contribution in [0.2, 0.25) is 0 Å². The fourth-order valence-electron chi connectivity index (χ4n) is 2.35. The van der Waals surface area contributed by atoms with E-state index in [0.717, 1.165) is 7.11 Å². The molecule has 1 aliphatic rings. The van der Waals surface area contributed by atoms with Crippen LogP contribution in [0.3, 0.4) is 0 Å². The molecular weight excluding hydrogens is 291 g/mol. The van der Waals surface area contributed by atoms with E-state index in [4.69, 9.17) is 5.73 Å². The lowest BCUT2D eigenvalue weighted by Gasteiger charge is -2.28. The minimum Gasteiger partial charge on any atom is -0.468 e. The molecule has 8 heteroatoms. The van der Waals surface area contributed by atoms with Crippen LogP contribution in [-0.4, -0.2) is 30.8 Å². The molecule has 2 rings (SSSR count). The van der Waals surface area contributed by atoms with Crippen molar-refractivity contribution in [1.29, 1.82) is 0 Å². The smallest absolute Gasteiger partial charge is 0.468 e. The molecule has 0 bridgehead atoms. The minimum absolute atomic E-state index is 0.0777. The summed E-state index contributed by atoms with van der Waals surface area (Å²) >= 11 is 0. The van der Waals surface area contributed by atoms with Gasteiger partial charge in [0.2, 0.25) is 0 Å². The van der Waals surface area contributed by atoms with Gasteiger partial charge in [0.15, 0.2) is 11.6 Å². The number of ether oxygens (including phenoxy) is 2. The number of benzene rings is 1. The van der Waals surface area contributed by atoms with E-state index in [1.165, 1.54) is 6.07 Å². The Balaban J connectivity index is 2.41. The third kappa shape index (κ3) is 2.58. The van der Waals surface area contributed by atoms with Crippen LogP contribution in [0.15, 0.2) is 24.3 Å². The summed E-state index contributed by atoms with van der Waals surface area (Å²) in [7, 11) is 1.06. The van der Waals surface area contributed by atoms with Crippen molar-refractivity contribution in [3.63, 3.8) is 0 Å². The topological polar surface area (TPSA) is 78.6 Å². The summed E-state index contributed by atoms with van der Waals surface area (Å²) in [4.78, 5) is 22.9. The number of hydrogen-bond acceptors (Lipinski definition) is 5. The van der Waals surface area contributed by atoms with Gasteiger partial charge in [-0.1, -0.05) is 24.3 Å². The molecule has 0 spiro atoms. The molecule has 0 aliphatic heterocycles. The van der Waals surface area contributed by atoms with E-state index in [1.54, 1.807) is 18.2 Å². The predicted molar refractivity (Wildman–Crippen MR) is 64.0 cm³/mol. The van der Waals surface area contributed by atoms with Crippen molar-refractivity contribution in [2.45, 2.75) is 24.2 Å². The van der Waals surface area contributed by atoms with Crippen molar-refractivity contribution in [3.8, 4) is 0 Å². The van der Waals surface area contributed by atoms with E-state index >= 15 is 0 Å². The zero-order valence-corrected chi connectivity index (χ0v) is 10.9. The third-order valence-electron chi connectivity index (χ3n) is 3.31. The fraction of sp³-hybridized carbons (Fsp3) is 0.385. The SMILES string of the molecule is COC(=O)C1(N)Cc2ccccc2C1OC(=O)C(F)(F)F. The van der Waals surface area contributed by atoms with Crippen molar-refractivity contribution < 1.29 is 32.2 Å². The number of carbonyl (C=O) groups excluding carboxylic acids is 2.